The van der Waals surface area contributed by atoms with Crippen LogP contribution in [0.25, 0.3) is 0 Å². The Bertz CT molecular complexity index is 767. The number of hydrogen-bond acceptors (Lipinski definition) is 3. The van der Waals surface area contributed by atoms with E-state index in [1.807, 2.05) is 19.1 Å². The molecule has 0 aliphatic rings. The molecule has 1 unspecified atom stereocenters. The molecule has 0 aliphatic carbocycles. The maximum atomic E-state index is 12.7. The van der Waals surface area contributed by atoms with Gasteiger partial charge in [0.25, 0.3) is 10.0 Å². The summed E-state index contributed by atoms with van der Waals surface area (Å²) in [6.07, 6.45) is 0. The topological polar surface area (TPSA) is 64.0 Å². The number of benzene rings is 1. The number of para-hydroxylation sites is 1. The third-order valence-corrected chi connectivity index (χ3v) is 5.46. The average molecular weight is 372 g/mol. The van der Waals surface area contributed by atoms with Crippen molar-refractivity contribution in [2.75, 3.05) is 4.72 Å². The lowest BCUT2D eigenvalue weighted by Gasteiger charge is -2.14. The highest BCUT2D eigenvalue weighted by molar-refractivity contribution is 9.09. The van der Waals surface area contributed by atoms with Crippen LogP contribution in [0.15, 0.2) is 29.2 Å². The third-order valence-electron chi connectivity index (χ3n) is 3.35. The summed E-state index contributed by atoms with van der Waals surface area (Å²) in [6, 6.07) is 7.33. The van der Waals surface area contributed by atoms with Gasteiger partial charge in [0.1, 0.15) is 4.90 Å². The van der Waals surface area contributed by atoms with Crippen molar-refractivity contribution >= 4 is 31.6 Å². The summed E-state index contributed by atoms with van der Waals surface area (Å²) in [6.45, 7) is 5.39. The molecular formula is C14H18BrN3O2S. The van der Waals surface area contributed by atoms with Gasteiger partial charge in [-0.1, -0.05) is 34.1 Å². The molecule has 5 nitrogen and oxygen atoms in total. The highest BCUT2D eigenvalue weighted by Gasteiger charge is 2.24. The fraction of sp³-hybridized carbons (Fsp3) is 0.357. The number of hydrogen-bond donors (Lipinski definition) is 1. The first kappa shape index (κ1) is 16.0. The minimum absolute atomic E-state index is 0.0486. The van der Waals surface area contributed by atoms with E-state index in [1.54, 1.807) is 37.7 Å². The van der Waals surface area contributed by atoms with Crippen LogP contribution in [0.1, 0.15) is 28.7 Å². The Labute approximate surface area is 133 Å². The molecule has 0 aliphatic heterocycles. The molecule has 0 spiro atoms. The Balaban J connectivity index is 2.48. The van der Waals surface area contributed by atoms with Gasteiger partial charge in [0.2, 0.25) is 0 Å². The van der Waals surface area contributed by atoms with Gasteiger partial charge in [0.05, 0.1) is 17.1 Å². The van der Waals surface area contributed by atoms with Gasteiger partial charge < -0.3 is 0 Å². The maximum absolute atomic E-state index is 12.7. The van der Waals surface area contributed by atoms with Crippen LogP contribution in [-0.4, -0.2) is 18.2 Å². The van der Waals surface area contributed by atoms with Crippen molar-refractivity contribution in [1.82, 2.24) is 9.78 Å². The van der Waals surface area contributed by atoms with Crippen LogP contribution >= 0.6 is 15.9 Å². The van der Waals surface area contributed by atoms with Gasteiger partial charge >= 0.3 is 0 Å². The van der Waals surface area contributed by atoms with Crippen LogP contribution in [-0.2, 0) is 17.1 Å². The number of aromatic nitrogens is 2. The Morgan fingerprint density at radius 2 is 1.90 bits per heavy atom. The molecule has 21 heavy (non-hydrogen) atoms. The van der Waals surface area contributed by atoms with Crippen molar-refractivity contribution < 1.29 is 8.42 Å². The van der Waals surface area contributed by atoms with Crippen molar-refractivity contribution in [2.45, 2.75) is 30.5 Å². The van der Waals surface area contributed by atoms with Gasteiger partial charge in [-0.05, 0) is 32.4 Å². The zero-order valence-electron chi connectivity index (χ0n) is 12.4. The number of nitrogens with zero attached hydrogens (tertiary/aromatic N) is 2. The summed E-state index contributed by atoms with van der Waals surface area (Å²) in [5.74, 6) is 0. The van der Waals surface area contributed by atoms with Crippen molar-refractivity contribution in [1.29, 1.82) is 0 Å². The van der Waals surface area contributed by atoms with Crippen molar-refractivity contribution in [3.05, 3.63) is 41.2 Å². The number of aryl methyl sites for hydroxylation is 2. The first-order valence-electron chi connectivity index (χ1n) is 6.50. The quantitative estimate of drug-likeness (QED) is 0.838. The molecule has 0 amide bonds. The smallest absolute Gasteiger partial charge is 0.265 e. The number of alkyl halides is 1. The summed E-state index contributed by atoms with van der Waals surface area (Å²) >= 11 is 3.48. The van der Waals surface area contributed by atoms with Gasteiger partial charge in [0.15, 0.2) is 0 Å². The summed E-state index contributed by atoms with van der Waals surface area (Å²) in [5.41, 5.74) is 2.57. The van der Waals surface area contributed by atoms with E-state index in [1.165, 1.54) is 0 Å². The largest absolute Gasteiger partial charge is 0.279 e. The molecule has 7 heteroatoms. The Morgan fingerprint density at radius 3 is 2.43 bits per heavy atom. The molecule has 0 saturated carbocycles. The second-order valence-corrected chi connectivity index (χ2v) is 7.93. The van der Waals surface area contributed by atoms with Crippen LogP contribution in [0.2, 0.25) is 0 Å². The van der Waals surface area contributed by atoms with Crippen molar-refractivity contribution in [3.63, 3.8) is 0 Å². The van der Waals surface area contributed by atoms with E-state index in [0.29, 0.717) is 17.1 Å². The molecule has 0 bridgehead atoms. The standard InChI is InChI=1S/C14H18BrN3O2S/c1-9(15)12-7-5-6-8-13(12)17-21(19,20)14-10(2)16-18(4)11(14)3/h5-9,17H,1-4H3. The van der Waals surface area contributed by atoms with E-state index in [4.69, 9.17) is 0 Å². The summed E-state index contributed by atoms with van der Waals surface area (Å²) in [7, 11) is -1.93. The predicted molar refractivity (Wildman–Crippen MR) is 87.3 cm³/mol. The molecule has 1 heterocycles. The normalized spacial score (nSPS) is 13.2. The van der Waals surface area contributed by atoms with E-state index < -0.39 is 10.0 Å². The van der Waals surface area contributed by atoms with E-state index >= 15 is 0 Å². The van der Waals surface area contributed by atoms with Gasteiger partial charge in [-0.15, -0.1) is 0 Å². The predicted octanol–water partition coefficient (Wildman–Crippen LogP) is 3.29. The molecule has 2 aromatic rings. The van der Waals surface area contributed by atoms with Crippen LogP contribution in [0, 0.1) is 13.8 Å². The SMILES string of the molecule is Cc1nn(C)c(C)c1S(=O)(=O)Nc1ccccc1C(C)Br. The molecule has 2 rings (SSSR count). The average Bonchev–Trinajstić information content (AvgIpc) is 2.63. The lowest BCUT2D eigenvalue weighted by molar-refractivity contribution is 0.599. The summed E-state index contributed by atoms with van der Waals surface area (Å²) in [4.78, 5) is 0.287. The minimum atomic E-state index is -3.66. The third kappa shape index (κ3) is 3.13. The van der Waals surface area contributed by atoms with Gasteiger partial charge in [0, 0.05) is 11.9 Å². The first-order chi connectivity index (χ1) is 9.74. The van der Waals surface area contributed by atoms with Gasteiger partial charge in [-0.2, -0.15) is 5.10 Å². The maximum Gasteiger partial charge on any atom is 0.265 e. The monoisotopic (exact) mass is 371 g/mol. The molecule has 1 aromatic carbocycles. The molecular weight excluding hydrogens is 354 g/mol. The van der Waals surface area contributed by atoms with E-state index in [-0.39, 0.29) is 9.72 Å². The first-order valence-corrected chi connectivity index (χ1v) is 8.90. The zero-order valence-corrected chi connectivity index (χ0v) is 14.8. The number of sulfonamides is 1. The minimum Gasteiger partial charge on any atom is -0.279 e. The van der Waals surface area contributed by atoms with Crippen LogP contribution < -0.4 is 4.72 Å². The van der Waals surface area contributed by atoms with Gasteiger partial charge in [-0.3, -0.25) is 9.40 Å². The molecule has 0 radical (unpaired) electrons. The zero-order chi connectivity index (χ0) is 15.8. The Kier molecular flexibility index (Phi) is 4.43. The lowest BCUT2D eigenvalue weighted by atomic mass is 10.1. The second kappa shape index (κ2) is 5.81. The fourth-order valence-corrected chi connectivity index (χ4v) is 4.20. The number of anilines is 1. The molecule has 1 atom stereocenters. The Morgan fingerprint density at radius 1 is 1.29 bits per heavy atom. The molecule has 1 aromatic heterocycles. The summed E-state index contributed by atoms with van der Waals surface area (Å²) in [5, 5.41) is 4.16. The van der Waals surface area contributed by atoms with Crippen LogP contribution in [0.4, 0.5) is 5.69 Å². The van der Waals surface area contributed by atoms with Gasteiger partial charge in [-0.25, -0.2) is 8.42 Å². The highest BCUT2D eigenvalue weighted by atomic mass is 79.9. The van der Waals surface area contributed by atoms with Crippen molar-refractivity contribution in [3.8, 4) is 0 Å². The fourth-order valence-electron chi connectivity index (χ4n) is 2.28. The molecule has 0 fully saturated rings. The number of rotatable bonds is 4. The lowest BCUT2D eigenvalue weighted by Crippen LogP contribution is -2.16. The number of nitrogens with one attached hydrogen (secondary N) is 1. The molecule has 0 saturated heterocycles. The van der Waals surface area contributed by atoms with Crippen LogP contribution in [0.3, 0.4) is 0 Å². The molecule has 1 N–H and O–H groups in total. The Hall–Kier alpha value is -1.34. The van der Waals surface area contributed by atoms with Crippen LogP contribution in [0.5, 0.6) is 0 Å². The van der Waals surface area contributed by atoms with E-state index in [0.717, 1.165) is 5.56 Å². The molecule has 114 valence electrons. The summed E-state index contributed by atoms with van der Waals surface area (Å²) < 4.78 is 29.5. The highest BCUT2D eigenvalue weighted by Crippen LogP contribution is 2.31. The van der Waals surface area contributed by atoms with Crippen molar-refractivity contribution in [2.24, 2.45) is 7.05 Å². The second-order valence-electron chi connectivity index (χ2n) is 4.93. The number of halogens is 1. The van der Waals surface area contributed by atoms with E-state index in [2.05, 4.69) is 25.8 Å². The van der Waals surface area contributed by atoms with E-state index in [9.17, 15) is 8.42 Å².